The topological polar surface area (TPSA) is 122 Å². The Morgan fingerprint density at radius 3 is 2.64 bits per heavy atom. The van der Waals surface area contributed by atoms with Crippen molar-refractivity contribution in [1.82, 2.24) is 0 Å². The van der Waals surface area contributed by atoms with Gasteiger partial charge in [-0.3, -0.25) is 4.79 Å². The number of esters is 1. The summed E-state index contributed by atoms with van der Waals surface area (Å²) >= 11 is 0. The van der Waals surface area contributed by atoms with E-state index in [0.29, 0.717) is 6.42 Å². The fourth-order valence-electron chi connectivity index (χ4n) is 7.11. The van der Waals surface area contributed by atoms with E-state index in [2.05, 4.69) is 0 Å². The molecule has 6 rings (SSSR count). The average Bonchev–Trinajstić information content (AvgIpc) is 3.06. The van der Waals surface area contributed by atoms with Crippen LogP contribution < -0.4 is 0 Å². The van der Waals surface area contributed by atoms with Crippen molar-refractivity contribution in [3.05, 3.63) is 24.2 Å². The van der Waals surface area contributed by atoms with Gasteiger partial charge < -0.3 is 33.9 Å². The highest BCUT2D eigenvalue weighted by molar-refractivity contribution is 5.82. The minimum atomic E-state index is -1.62. The molecular formula is C20H24O8. The summed E-state index contributed by atoms with van der Waals surface area (Å²) < 4.78 is 22.4. The summed E-state index contributed by atoms with van der Waals surface area (Å²) in [6.45, 7) is 2.01. The fourth-order valence-corrected chi connectivity index (χ4v) is 7.11. The van der Waals surface area contributed by atoms with E-state index in [9.17, 15) is 20.1 Å². The summed E-state index contributed by atoms with van der Waals surface area (Å²) in [5.41, 5.74) is -4.56. The van der Waals surface area contributed by atoms with Crippen LogP contribution in [0.2, 0.25) is 0 Å². The van der Waals surface area contributed by atoms with Crippen molar-refractivity contribution in [2.45, 2.75) is 61.8 Å². The highest BCUT2D eigenvalue weighted by Gasteiger charge is 2.91. The highest BCUT2D eigenvalue weighted by Crippen LogP contribution is 2.76. The van der Waals surface area contributed by atoms with E-state index >= 15 is 0 Å². The number of carbonyl (C=O) groups is 1. The minimum Gasteiger partial charge on any atom is -0.472 e. The molecule has 4 heterocycles. The molecule has 28 heavy (non-hydrogen) atoms. The summed E-state index contributed by atoms with van der Waals surface area (Å²) in [4.78, 5) is 13.4. The van der Waals surface area contributed by atoms with Crippen molar-refractivity contribution in [2.75, 3.05) is 13.2 Å². The Morgan fingerprint density at radius 1 is 1.18 bits per heavy atom. The molecule has 8 nitrogen and oxygen atoms in total. The Bertz CT molecular complexity index is 848. The molecule has 0 radical (unpaired) electrons. The van der Waals surface area contributed by atoms with Gasteiger partial charge in [-0.1, -0.05) is 6.92 Å². The first kappa shape index (κ1) is 17.4. The number of hydrogen-bond acceptors (Lipinski definition) is 8. The quantitative estimate of drug-likeness (QED) is 0.471. The van der Waals surface area contributed by atoms with Gasteiger partial charge in [-0.15, -0.1) is 0 Å². The maximum Gasteiger partial charge on any atom is 0.316 e. The first-order chi connectivity index (χ1) is 13.3. The number of rotatable bonds is 1. The van der Waals surface area contributed by atoms with Crippen LogP contribution in [-0.2, 0) is 19.0 Å². The number of fused-ring (bicyclic) bond motifs is 1. The van der Waals surface area contributed by atoms with Gasteiger partial charge in [0.2, 0.25) is 0 Å². The molecule has 3 spiro atoms. The summed E-state index contributed by atoms with van der Waals surface area (Å²) in [6.07, 6.45) is 2.42. The Labute approximate surface area is 161 Å². The Balaban J connectivity index is 1.53. The van der Waals surface area contributed by atoms with Gasteiger partial charge in [-0.25, -0.2) is 0 Å². The van der Waals surface area contributed by atoms with Crippen LogP contribution in [0.1, 0.15) is 44.3 Å². The molecule has 0 aromatic carbocycles. The van der Waals surface area contributed by atoms with Crippen LogP contribution in [0, 0.1) is 16.7 Å². The maximum absolute atomic E-state index is 13.4. The van der Waals surface area contributed by atoms with Crippen molar-refractivity contribution in [2.24, 2.45) is 16.7 Å². The lowest BCUT2D eigenvalue weighted by Gasteiger charge is -2.64. The first-order valence-electron chi connectivity index (χ1n) is 9.90. The Hall–Kier alpha value is -1.45. The maximum atomic E-state index is 13.4. The van der Waals surface area contributed by atoms with E-state index in [0.717, 1.165) is 5.56 Å². The number of aliphatic hydroxyl groups is 3. The second kappa shape index (κ2) is 4.82. The van der Waals surface area contributed by atoms with E-state index in [4.69, 9.17) is 18.6 Å². The Morgan fingerprint density at radius 2 is 1.96 bits per heavy atom. The van der Waals surface area contributed by atoms with Gasteiger partial charge in [-0.2, -0.15) is 0 Å². The molecule has 3 aliphatic heterocycles. The lowest BCUT2D eigenvalue weighted by Crippen LogP contribution is -2.78. The zero-order valence-electron chi connectivity index (χ0n) is 15.6. The number of carbonyl (C=O) groups excluding carboxylic acids is 1. The number of aliphatic hydroxyl groups excluding tert-OH is 1. The predicted molar refractivity (Wildman–Crippen MR) is 90.6 cm³/mol. The third kappa shape index (κ3) is 1.49. The number of furan rings is 1. The molecule has 3 N–H and O–H groups in total. The summed E-state index contributed by atoms with van der Waals surface area (Å²) in [5.74, 6) is -2.33. The number of cyclic esters (lactones) is 1. The molecule has 2 aliphatic carbocycles. The van der Waals surface area contributed by atoms with Crippen molar-refractivity contribution >= 4 is 5.97 Å². The number of hydrogen-bond donors (Lipinski definition) is 3. The van der Waals surface area contributed by atoms with Gasteiger partial charge in [0.05, 0.1) is 42.9 Å². The molecular weight excluding hydrogens is 368 g/mol. The van der Waals surface area contributed by atoms with Gasteiger partial charge in [0.15, 0.2) is 11.4 Å². The monoisotopic (exact) mass is 392 g/mol. The molecule has 8 heteroatoms. The van der Waals surface area contributed by atoms with Gasteiger partial charge in [0.1, 0.15) is 11.5 Å². The summed E-state index contributed by atoms with van der Waals surface area (Å²) in [7, 11) is 0. The van der Waals surface area contributed by atoms with Crippen LogP contribution in [0.4, 0.5) is 0 Å². The van der Waals surface area contributed by atoms with Crippen molar-refractivity contribution in [1.29, 1.82) is 0 Å². The van der Waals surface area contributed by atoms with Crippen LogP contribution in [0.15, 0.2) is 23.0 Å². The molecule has 3 saturated heterocycles. The van der Waals surface area contributed by atoms with Crippen LogP contribution in [0.5, 0.6) is 0 Å². The van der Waals surface area contributed by atoms with Crippen LogP contribution in [0.25, 0.3) is 0 Å². The van der Waals surface area contributed by atoms with Gasteiger partial charge >= 0.3 is 5.97 Å². The molecule has 1 aromatic heterocycles. The van der Waals surface area contributed by atoms with Crippen LogP contribution in [0.3, 0.4) is 0 Å². The first-order valence-corrected chi connectivity index (χ1v) is 9.90. The summed E-state index contributed by atoms with van der Waals surface area (Å²) in [5, 5.41) is 34.5. The molecule has 8 unspecified atom stereocenters. The van der Waals surface area contributed by atoms with Gasteiger partial charge in [0, 0.05) is 18.4 Å². The zero-order valence-corrected chi connectivity index (χ0v) is 15.6. The lowest BCUT2D eigenvalue weighted by molar-refractivity contribution is -0.301. The van der Waals surface area contributed by atoms with E-state index in [1.807, 2.05) is 6.92 Å². The fraction of sp³-hybridized carbons (Fsp3) is 0.750. The van der Waals surface area contributed by atoms with Crippen LogP contribution >= 0.6 is 0 Å². The van der Waals surface area contributed by atoms with Crippen molar-refractivity contribution in [3.63, 3.8) is 0 Å². The van der Waals surface area contributed by atoms with E-state index < -0.39 is 46.0 Å². The molecule has 0 amide bonds. The van der Waals surface area contributed by atoms with E-state index in [1.54, 1.807) is 12.3 Å². The lowest BCUT2D eigenvalue weighted by atomic mass is 9.40. The second-order valence-electron chi connectivity index (χ2n) is 9.30. The Kier molecular flexibility index (Phi) is 2.99. The van der Waals surface area contributed by atoms with E-state index in [-0.39, 0.29) is 38.4 Å². The standard InChI is InChI=1S/C20H24O8/c1-11-6-14(21)17-9-27-20(24,19(17)10-26-19)4-3-18(17,23)16(11)7-13(28-15(16)22)12-2-5-25-8-12/h2,5,8,11,13-14,21,23-24H,3-4,6-7,9-10H2,1H3. The molecule has 8 atom stereocenters. The SMILES string of the molecule is CC1CC(O)C23COC(O)(CCC2(O)C12CC(c1ccoc1)OC2=O)C31CO1. The van der Waals surface area contributed by atoms with Crippen molar-refractivity contribution < 1.29 is 38.7 Å². The van der Waals surface area contributed by atoms with E-state index in [1.165, 1.54) is 6.26 Å². The third-order valence-corrected chi connectivity index (χ3v) is 8.65. The predicted octanol–water partition coefficient (Wildman–Crippen LogP) is 0.654. The minimum absolute atomic E-state index is 0.0563. The molecule has 2 saturated carbocycles. The normalized spacial score (nSPS) is 56.9. The summed E-state index contributed by atoms with van der Waals surface area (Å²) in [6, 6.07) is 1.75. The average molecular weight is 392 g/mol. The number of epoxide rings is 1. The van der Waals surface area contributed by atoms with Gasteiger partial charge in [0.25, 0.3) is 0 Å². The van der Waals surface area contributed by atoms with Crippen molar-refractivity contribution in [3.8, 4) is 0 Å². The smallest absolute Gasteiger partial charge is 0.316 e. The molecule has 5 aliphatic rings. The molecule has 1 aromatic rings. The third-order valence-electron chi connectivity index (χ3n) is 8.65. The second-order valence-corrected chi connectivity index (χ2v) is 9.30. The van der Waals surface area contributed by atoms with Crippen LogP contribution in [-0.4, -0.2) is 57.6 Å². The molecule has 5 fully saturated rings. The molecule has 2 bridgehead atoms. The van der Waals surface area contributed by atoms with Gasteiger partial charge in [-0.05, 0) is 24.8 Å². The zero-order chi connectivity index (χ0) is 19.6. The highest BCUT2D eigenvalue weighted by atomic mass is 16.7. The largest absolute Gasteiger partial charge is 0.472 e. The number of ether oxygens (including phenoxy) is 3. The molecule has 152 valence electrons.